The largest absolute Gasteiger partial charge is 0.494 e. The molecular weight excluding hydrogens is 402 g/mol. The fourth-order valence-corrected chi connectivity index (χ4v) is 4.93. The Bertz CT molecular complexity index is 1060. The van der Waals surface area contributed by atoms with Crippen LogP contribution < -0.4 is 4.74 Å². The molecule has 0 atom stereocenters. The van der Waals surface area contributed by atoms with E-state index in [1.165, 1.54) is 4.31 Å². The van der Waals surface area contributed by atoms with Gasteiger partial charge in [-0.2, -0.15) is 4.31 Å². The highest BCUT2D eigenvalue weighted by molar-refractivity contribution is 7.89. The Morgan fingerprint density at radius 3 is 2.37 bits per heavy atom. The maximum absolute atomic E-state index is 12.9. The van der Waals surface area contributed by atoms with Crippen molar-refractivity contribution >= 4 is 10.0 Å². The van der Waals surface area contributed by atoms with E-state index in [-0.39, 0.29) is 0 Å². The first-order valence-electron chi connectivity index (χ1n) is 10.0. The zero-order chi connectivity index (χ0) is 21.0. The van der Waals surface area contributed by atoms with Gasteiger partial charge in [0.2, 0.25) is 10.0 Å². The number of nitrogens with zero attached hydrogens (tertiary/aromatic N) is 3. The summed E-state index contributed by atoms with van der Waals surface area (Å²) in [5, 5.41) is 4.15. The lowest BCUT2D eigenvalue weighted by Crippen LogP contribution is -2.48. The van der Waals surface area contributed by atoms with E-state index in [2.05, 4.69) is 10.1 Å². The molecule has 0 amide bonds. The molecule has 1 aromatic heterocycles. The maximum atomic E-state index is 12.9. The smallest absolute Gasteiger partial charge is 0.243 e. The number of ether oxygens (including phenoxy) is 1. The summed E-state index contributed by atoms with van der Waals surface area (Å²) >= 11 is 0. The van der Waals surface area contributed by atoms with E-state index < -0.39 is 10.0 Å². The topological polar surface area (TPSA) is 75.9 Å². The van der Waals surface area contributed by atoms with Crippen molar-refractivity contribution in [3.05, 3.63) is 66.4 Å². The van der Waals surface area contributed by atoms with E-state index in [0.717, 1.165) is 17.0 Å². The first-order chi connectivity index (χ1) is 14.6. The third-order valence-electron chi connectivity index (χ3n) is 5.11. The molecular formula is C22H25N3O4S. The molecule has 1 fully saturated rings. The lowest BCUT2D eigenvalue weighted by atomic mass is 10.1. The van der Waals surface area contributed by atoms with Crippen molar-refractivity contribution in [2.45, 2.75) is 18.4 Å². The van der Waals surface area contributed by atoms with E-state index in [0.29, 0.717) is 50.0 Å². The molecule has 0 bridgehead atoms. The summed E-state index contributed by atoms with van der Waals surface area (Å²) in [6, 6.07) is 18.4. The van der Waals surface area contributed by atoms with Gasteiger partial charge in [0.15, 0.2) is 5.76 Å². The van der Waals surface area contributed by atoms with Gasteiger partial charge in [0.1, 0.15) is 11.4 Å². The first kappa shape index (κ1) is 20.6. The van der Waals surface area contributed by atoms with Gasteiger partial charge in [0.25, 0.3) is 0 Å². The Morgan fingerprint density at radius 2 is 1.70 bits per heavy atom. The van der Waals surface area contributed by atoms with Gasteiger partial charge in [-0.3, -0.25) is 4.90 Å². The lowest BCUT2D eigenvalue weighted by molar-refractivity contribution is 0.166. The van der Waals surface area contributed by atoms with Crippen LogP contribution in [0.2, 0.25) is 0 Å². The number of rotatable bonds is 7. The minimum absolute atomic E-state index is 0.294. The predicted molar refractivity (Wildman–Crippen MR) is 114 cm³/mol. The van der Waals surface area contributed by atoms with Crippen LogP contribution in [-0.2, 0) is 16.6 Å². The fourth-order valence-electron chi connectivity index (χ4n) is 3.50. The van der Waals surface area contributed by atoms with Crippen molar-refractivity contribution in [3.63, 3.8) is 0 Å². The molecule has 0 spiro atoms. The van der Waals surface area contributed by atoms with Crippen molar-refractivity contribution in [1.29, 1.82) is 0 Å². The molecule has 0 radical (unpaired) electrons. The zero-order valence-corrected chi connectivity index (χ0v) is 17.7. The molecule has 30 heavy (non-hydrogen) atoms. The second-order valence-electron chi connectivity index (χ2n) is 7.13. The molecule has 2 aromatic carbocycles. The number of hydrogen-bond donors (Lipinski definition) is 0. The summed E-state index contributed by atoms with van der Waals surface area (Å²) in [5.41, 5.74) is 1.82. The van der Waals surface area contributed by atoms with Gasteiger partial charge in [-0.15, -0.1) is 0 Å². The van der Waals surface area contributed by atoms with Gasteiger partial charge in [0, 0.05) is 37.8 Å². The van der Waals surface area contributed by atoms with Crippen LogP contribution in [0.1, 0.15) is 12.7 Å². The van der Waals surface area contributed by atoms with Gasteiger partial charge in [-0.05, 0) is 31.2 Å². The molecule has 4 rings (SSSR count). The fraction of sp³-hybridized carbons (Fsp3) is 0.318. The minimum Gasteiger partial charge on any atom is -0.494 e. The normalized spacial score (nSPS) is 15.9. The zero-order valence-electron chi connectivity index (χ0n) is 16.9. The van der Waals surface area contributed by atoms with Crippen LogP contribution in [0.5, 0.6) is 5.75 Å². The van der Waals surface area contributed by atoms with Gasteiger partial charge in [-0.1, -0.05) is 35.5 Å². The maximum Gasteiger partial charge on any atom is 0.243 e. The summed E-state index contributed by atoms with van der Waals surface area (Å²) in [6.07, 6.45) is 0. The highest BCUT2D eigenvalue weighted by atomic mass is 32.2. The Kier molecular flexibility index (Phi) is 6.17. The predicted octanol–water partition coefficient (Wildman–Crippen LogP) is 3.25. The second-order valence-corrected chi connectivity index (χ2v) is 9.07. The number of benzene rings is 2. The average Bonchev–Trinajstić information content (AvgIpc) is 3.24. The number of sulfonamides is 1. The molecule has 0 aliphatic carbocycles. The standard InChI is InChI=1S/C22H25N3O4S/c1-2-28-19-8-10-21(11-9-19)30(26,27)25-14-12-24(13-15-25)17-20-16-22(23-29-20)18-6-4-3-5-7-18/h3-11,16H,2,12-15,17H2,1H3. The Morgan fingerprint density at radius 1 is 1.00 bits per heavy atom. The summed E-state index contributed by atoms with van der Waals surface area (Å²) in [6.45, 7) is 5.20. The lowest BCUT2D eigenvalue weighted by Gasteiger charge is -2.33. The van der Waals surface area contributed by atoms with E-state index in [9.17, 15) is 8.42 Å². The van der Waals surface area contributed by atoms with E-state index >= 15 is 0 Å². The second kappa shape index (κ2) is 8.99. The van der Waals surface area contributed by atoms with E-state index in [1.807, 2.05) is 43.3 Å². The average molecular weight is 428 g/mol. The third kappa shape index (κ3) is 4.56. The number of piperazine rings is 1. The van der Waals surface area contributed by atoms with Crippen LogP contribution in [0.3, 0.4) is 0 Å². The molecule has 1 aliphatic rings. The van der Waals surface area contributed by atoms with Gasteiger partial charge >= 0.3 is 0 Å². The molecule has 8 heteroatoms. The summed E-state index contributed by atoms with van der Waals surface area (Å²) < 4.78 is 38.2. The van der Waals surface area contributed by atoms with Crippen LogP contribution in [0.15, 0.2) is 70.1 Å². The molecule has 7 nitrogen and oxygen atoms in total. The van der Waals surface area contributed by atoms with Crippen LogP contribution in [-0.4, -0.2) is 55.6 Å². The Labute approximate surface area is 176 Å². The van der Waals surface area contributed by atoms with Crippen molar-refractivity contribution in [3.8, 4) is 17.0 Å². The Balaban J connectivity index is 1.35. The van der Waals surface area contributed by atoms with E-state index in [1.54, 1.807) is 24.3 Å². The summed E-state index contributed by atoms with van der Waals surface area (Å²) in [5.74, 6) is 1.44. The summed E-state index contributed by atoms with van der Waals surface area (Å²) in [7, 11) is -3.51. The van der Waals surface area contributed by atoms with Crippen molar-refractivity contribution < 1.29 is 17.7 Å². The van der Waals surface area contributed by atoms with Crippen LogP contribution >= 0.6 is 0 Å². The highest BCUT2D eigenvalue weighted by Gasteiger charge is 2.29. The molecule has 158 valence electrons. The molecule has 2 heterocycles. The molecule has 0 unspecified atom stereocenters. The SMILES string of the molecule is CCOc1ccc(S(=O)(=O)N2CCN(Cc3cc(-c4ccccc4)no3)CC2)cc1. The Hall–Kier alpha value is -2.68. The minimum atomic E-state index is -3.51. The van der Waals surface area contributed by atoms with Gasteiger partial charge in [-0.25, -0.2) is 8.42 Å². The van der Waals surface area contributed by atoms with Crippen LogP contribution in [0.25, 0.3) is 11.3 Å². The summed E-state index contributed by atoms with van der Waals surface area (Å²) in [4.78, 5) is 2.47. The third-order valence-corrected chi connectivity index (χ3v) is 7.02. The molecule has 1 aliphatic heterocycles. The van der Waals surface area contributed by atoms with Gasteiger partial charge in [0.05, 0.1) is 18.0 Å². The number of hydrogen-bond acceptors (Lipinski definition) is 6. The molecule has 0 saturated carbocycles. The van der Waals surface area contributed by atoms with E-state index in [4.69, 9.17) is 9.26 Å². The number of aromatic nitrogens is 1. The molecule has 0 N–H and O–H groups in total. The van der Waals surface area contributed by atoms with Crippen molar-refractivity contribution in [2.75, 3.05) is 32.8 Å². The van der Waals surface area contributed by atoms with Crippen LogP contribution in [0.4, 0.5) is 0 Å². The first-order valence-corrected chi connectivity index (χ1v) is 11.5. The van der Waals surface area contributed by atoms with Crippen molar-refractivity contribution in [2.24, 2.45) is 0 Å². The monoisotopic (exact) mass is 427 g/mol. The van der Waals surface area contributed by atoms with Crippen LogP contribution in [0, 0.1) is 0 Å². The molecule has 1 saturated heterocycles. The quantitative estimate of drug-likeness (QED) is 0.576. The highest BCUT2D eigenvalue weighted by Crippen LogP contribution is 2.23. The molecule has 3 aromatic rings. The van der Waals surface area contributed by atoms with Gasteiger partial charge < -0.3 is 9.26 Å². The van der Waals surface area contributed by atoms with Crippen molar-refractivity contribution in [1.82, 2.24) is 14.4 Å².